The van der Waals surface area contributed by atoms with E-state index < -0.39 is 56.9 Å². The van der Waals surface area contributed by atoms with Crippen LogP contribution >= 0.6 is 11.6 Å². The Morgan fingerprint density at radius 1 is 0.898 bits per heavy atom. The van der Waals surface area contributed by atoms with Gasteiger partial charge in [0.1, 0.15) is 12.6 Å². The van der Waals surface area contributed by atoms with E-state index in [-0.39, 0.29) is 23.9 Å². The summed E-state index contributed by atoms with van der Waals surface area (Å²) in [6.45, 7) is 6.38. The molecule has 4 rings (SSSR count). The number of rotatable bonds is 13. The second-order valence-corrected chi connectivity index (χ2v) is 14.2. The highest BCUT2D eigenvalue weighted by atomic mass is 35.5. The minimum Gasteiger partial charge on any atom is -0.352 e. The number of sulfonamides is 1. The minimum absolute atomic E-state index is 0.0657. The Bertz CT molecular complexity index is 1870. The van der Waals surface area contributed by atoms with Crippen molar-refractivity contribution in [1.29, 1.82) is 0 Å². The largest absolute Gasteiger partial charge is 0.417 e. The van der Waals surface area contributed by atoms with Crippen molar-refractivity contribution >= 4 is 39.1 Å². The van der Waals surface area contributed by atoms with Crippen molar-refractivity contribution in [3.05, 3.63) is 130 Å². The van der Waals surface area contributed by atoms with Gasteiger partial charge in [0, 0.05) is 19.0 Å². The van der Waals surface area contributed by atoms with Crippen LogP contribution in [0.25, 0.3) is 0 Å². The highest BCUT2D eigenvalue weighted by Gasteiger charge is 2.38. The zero-order valence-corrected chi connectivity index (χ0v) is 29.2. The monoisotopic (exact) mass is 713 g/mol. The van der Waals surface area contributed by atoms with Crippen LogP contribution in [-0.2, 0) is 38.8 Å². The number of alkyl halides is 3. The van der Waals surface area contributed by atoms with Crippen LogP contribution < -0.4 is 9.62 Å². The first-order chi connectivity index (χ1) is 23.1. The predicted molar refractivity (Wildman–Crippen MR) is 186 cm³/mol. The van der Waals surface area contributed by atoms with E-state index in [2.05, 4.69) is 5.32 Å². The lowest BCUT2D eigenvalue weighted by Gasteiger charge is -2.34. The number of carbonyl (C=O) groups is 2. The number of benzene rings is 4. The molecule has 0 saturated carbocycles. The van der Waals surface area contributed by atoms with Crippen LogP contribution in [0.5, 0.6) is 0 Å². The minimum atomic E-state index is -4.90. The molecule has 1 N–H and O–H groups in total. The topological polar surface area (TPSA) is 86.8 Å². The van der Waals surface area contributed by atoms with E-state index in [0.29, 0.717) is 22.4 Å². The van der Waals surface area contributed by atoms with Crippen LogP contribution in [0.3, 0.4) is 0 Å². The van der Waals surface area contributed by atoms with E-state index in [1.54, 1.807) is 43.3 Å². The van der Waals surface area contributed by atoms with Crippen LogP contribution in [0, 0.1) is 13.8 Å². The lowest BCUT2D eigenvalue weighted by molar-refractivity contribution is -0.140. The van der Waals surface area contributed by atoms with Gasteiger partial charge in [0.15, 0.2) is 0 Å². The molecule has 2 amide bonds. The molecule has 4 aromatic carbocycles. The van der Waals surface area contributed by atoms with Crippen LogP contribution in [0.15, 0.2) is 102 Å². The maximum absolute atomic E-state index is 14.6. The molecule has 0 aromatic heterocycles. The molecule has 49 heavy (non-hydrogen) atoms. The molecule has 12 heteroatoms. The molecule has 0 radical (unpaired) electrons. The van der Waals surface area contributed by atoms with Crippen LogP contribution in [0.1, 0.15) is 48.1 Å². The molecule has 0 aliphatic rings. The summed E-state index contributed by atoms with van der Waals surface area (Å²) in [5.74, 6) is -1.23. The standard InChI is InChI=1S/C37H39ClF3N3O4S/c1-5-27(4)42-36(46)34(21-28-12-7-6-8-13-28)43(23-29-14-10-9-11-26(29)3)35(45)24-44(49(47,48)31-18-15-25(2)16-19-31)30-17-20-33(38)32(22-30)37(39,40)41/h6-20,22,27,34H,5,21,23-24H2,1-4H3,(H,42,46)/t27-,34-/m0/s1. The molecule has 0 fully saturated rings. The zero-order chi connectivity index (χ0) is 35.9. The summed E-state index contributed by atoms with van der Waals surface area (Å²) < 4.78 is 71.0. The fourth-order valence-corrected chi connectivity index (χ4v) is 6.85. The second-order valence-electron chi connectivity index (χ2n) is 12.0. The van der Waals surface area contributed by atoms with E-state index in [1.807, 2.05) is 51.1 Å². The summed E-state index contributed by atoms with van der Waals surface area (Å²) in [5.41, 5.74) is 1.39. The van der Waals surface area contributed by atoms with Crippen LogP contribution in [-0.4, -0.2) is 43.8 Å². The highest BCUT2D eigenvalue weighted by Crippen LogP contribution is 2.38. The summed E-state index contributed by atoms with van der Waals surface area (Å²) in [6.07, 6.45) is -4.18. The molecule has 0 heterocycles. The number of amides is 2. The first kappa shape index (κ1) is 37.5. The Morgan fingerprint density at radius 2 is 1.53 bits per heavy atom. The van der Waals surface area contributed by atoms with Crippen LogP contribution in [0.2, 0.25) is 5.02 Å². The van der Waals surface area contributed by atoms with Gasteiger partial charge >= 0.3 is 6.18 Å². The van der Waals surface area contributed by atoms with E-state index in [9.17, 15) is 31.2 Å². The number of carbonyl (C=O) groups excluding carboxylic acids is 2. The summed E-state index contributed by atoms with van der Waals surface area (Å²) in [4.78, 5) is 29.7. The normalized spacial score (nSPS) is 13.0. The van der Waals surface area contributed by atoms with Gasteiger partial charge in [-0.05, 0) is 74.2 Å². The smallest absolute Gasteiger partial charge is 0.352 e. The number of hydrogen-bond donors (Lipinski definition) is 1. The first-order valence-electron chi connectivity index (χ1n) is 15.8. The van der Waals surface area contributed by atoms with E-state index in [1.165, 1.54) is 17.0 Å². The summed E-state index contributed by atoms with van der Waals surface area (Å²) >= 11 is 5.89. The maximum Gasteiger partial charge on any atom is 0.417 e. The van der Waals surface area contributed by atoms with Gasteiger partial charge in [-0.2, -0.15) is 13.2 Å². The lowest BCUT2D eigenvalue weighted by Crippen LogP contribution is -2.54. The second kappa shape index (κ2) is 15.9. The quantitative estimate of drug-likeness (QED) is 0.154. The van der Waals surface area contributed by atoms with Crippen molar-refractivity contribution < 1.29 is 31.2 Å². The third kappa shape index (κ3) is 9.42. The SMILES string of the molecule is CC[C@H](C)NC(=O)[C@H](Cc1ccccc1)N(Cc1ccccc1C)C(=O)CN(c1ccc(Cl)c(C(F)(F)F)c1)S(=O)(=O)c1ccc(C)cc1. The number of nitrogens with zero attached hydrogens (tertiary/aromatic N) is 2. The molecule has 0 unspecified atom stereocenters. The molecular weight excluding hydrogens is 675 g/mol. The van der Waals surface area contributed by atoms with Gasteiger partial charge in [-0.1, -0.05) is 90.8 Å². The fourth-order valence-electron chi connectivity index (χ4n) is 5.22. The Labute approximate surface area is 290 Å². The van der Waals surface area contributed by atoms with Crippen molar-refractivity contribution in [2.24, 2.45) is 0 Å². The number of hydrogen-bond acceptors (Lipinski definition) is 4. The van der Waals surface area contributed by atoms with Crippen molar-refractivity contribution in [2.75, 3.05) is 10.8 Å². The van der Waals surface area contributed by atoms with Gasteiger partial charge in [-0.25, -0.2) is 8.42 Å². The number of nitrogens with one attached hydrogen (secondary N) is 1. The van der Waals surface area contributed by atoms with Gasteiger partial charge in [0.25, 0.3) is 10.0 Å². The van der Waals surface area contributed by atoms with Crippen molar-refractivity contribution in [3.63, 3.8) is 0 Å². The molecule has 260 valence electrons. The van der Waals surface area contributed by atoms with Gasteiger partial charge < -0.3 is 10.2 Å². The lowest BCUT2D eigenvalue weighted by atomic mass is 10.0. The number of anilines is 1. The molecular formula is C37H39ClF3N3O4S. The third-order valence-electron chi connectivity index (χ3n) is 8.31. The molecule has 4 aromatic rings. The number of aryl methyl sites for hydroxylation is 2. The predicted octanol–water partition coefficient (Wildman–Crippen LogP) is 7.73. The van der Waals surface area contributed by atoms with E-state index in [4.69, 9.17) is 11.6 Å². The van der Waals surface area contributed by atoms with Gasteiger partial charge in [-0.15, -0.1) is 0 Å². The Balaban J connectivity index is 1.88. The summed E-state index contributed by atoms with van der Waals surface area (Å²) in [5, 5.41) is 2.33. The summed E-state index contributed by atoms with van der Waals surface area (Å²) in [7, 11) is -4.61. The summed E-state index contributed by atoms with van der Waals surface area (Å²) in [6, 6.07) is 23.5. The molecule has 0 bridgehead atoms. The highest BCUT2D eigenvalue weighted by molar-refractivity contribution is 7.92. The Kier molecular flexibility index (Phi) is 12.2. The van der Waals surface area contributed by atoms with Gasteiger partial charge in [-0.3, -0.25) is 13.9 Å². The molecule has 0 spiro atoms. The fraction of sp³-hybridized carbons (Fsp3) is 0.297. The number of halogens is 4. The maximum atomic E-state index is 14.6. The zero-order valence-electron chi connectivity index (χ0n) is 27.7. The Morgan fingerprint density at radius 3 is 2.14 bits per heavy atom. The van der Waals surface area contributed by atoms with Crippen molar-refractivity contribution in [2.45, 2.75) is 70.2 Å². The van der Waals surface area contributed by atoms with Crippen LogP contribution in [0.4, 0.5) is 18.9 Å². The van der Waals surface area contributed by atoms with Gasteiger partial charge in [0.2, 0.25) is 11.8 Å². The average Bonchev–Trinajstić information content (AvgIpc) is 3.06. The third-order valence-corrected chi connectivity index (χ3v) is 10.4. The molecule has 7 nitrogen and oxygen atoms in total. The first-order valence-corrected chi connectivity index (χ1v) is 17.6. The molecule has 0 aliphatic carbocycles. The van der Waals surface area contributed by atoms with E-state index in [0.717, 1.165) is 28.8 Å². The molecule has 0 saturated heterocycles. The van der Waals surface area contributed by atoms with Gasteiger partial charge in [0.05, 0.1) is 21.2 Å². The molecule has 2 atom stereocenters. The van der Waals surface area contributed by atoms with Crippen molar-refractivity contribution in [3.8, 4) is 0 Å². The Hall–Kier alpha value is -4.35. The van der Waals surface area contributed by atoms with E-state index >= 15 is 0 Å². The van der Waals surface area contributed by atoms with Crippen molar-refractivity contribution in [1.82, 2.24) is 10.2 Å². The molecule has 0 aliphatic heterocycles. The average molecular weight is 714 g/mol.